The van der Waals surface area contributed by atoms with Gasteiger partial charge in [-0.1, -0.05) is 0 Å². The van der Waals surface area contributed by atoms with Crippen molar-refractivity contribution in [1.29, 1.82) is 0 Å². The molecule has 1 fully saturated rings. The summed E-state index contributed by atoms with van der Waals surface area (Å²) in [5.41, 5.74) is 0. The number of rotatable bonds is 8. The molecule has 1 aliphatic heterocycles. The zero-order valence-electron chi connectivity index (χ0n) is 10.5. The second-order valence-corrected chi connectivity index (χ2v) is 6.33. The molecule has 0 spiro atoms. The van der Waals surface area contributed by atoms with E-state index in [9.17, 15) is 8.42 Å². The molecule has 1 N–H and O–H groups in total. The van der Waals surface area contributed by atoms with E-state index in [0.717, 1.165) is 19.3 Å². The lowest BCUT2D eigenvalue weighted by Crippen LogP contribution is -2.38. The van der Waals surface area contributed by atoms with Crippen LogP contribution in [0.25, 0.3) is 0 Å². The largest absolute Gasteiger partial charge is 0.396 e. The average Bonchev–Trinajstić information content (AvgIpc) is 2.75. The number of sulfonamides is 1. The predicted molar refractivity (Wildman–Crippen MR) is 66.3 cm³/mol. The van der Waals surface area contributed by atoms with Crippen LogP contribution in [0.1, 0.15) is 32.6 Å². The number of hydrogen-bond acceptors (Lipinski definition) is 4. The monoisotopic (exact) mass is 265 g/mol. The molecule has 1 unspecified atom stereocenters. The van der Waals surface area contributed by atoms with Crippen LogP contribution in [0.15, 0.2) is 0 Å². The fraction of sp³-hybridized carbons (Fsp3) is 1.00. The highest BCUT2D eigenvalue weighted by Gasteiger charge is 2.33. The molecule has 0 saturated carbocycles. The van der Waals surface area contributed by atoms with E-state index in [1.54, 1.807) is 4.31 Å². The van der Waals surface area contributed by atoms with Gasteiger partial charge in [0, 0.05) is 25.8 Å². The van der Waals surface area contributed by atoms with Crippen molar-refractivity contribution in [2.75, 3.05) is 32.1 Å². The third-order valence-electron chi connectivity index (χ3n) is 3.07. The van der Waals surface area contributed by atoms with Crippen LogP contribution in [0.4, 0.5) is 0 Å². The van der Waals surface area contributed by atoms with Crippen LogP contribution < -0.4 is 0 Å². The predicted octanol–water partition coefficient (Wildman–Crippen LogP) is 0.590. The molecule has 0 aliphatic carbocycles. The summed E-state index contributed by atoms with van der Waals surface area (Å²) in [6, 6.07) is 0.0776. The van der Waals surface area contributed by atoms with Gasteiger partial charge in [0.15, 0.2) is 0 Å². The molecule has 17 heavy (non-hydrogen) atoms. The van der Waals surface area contributed by atoms with Crippen molar-refractivity contribution >= 4 is 10.0 Å². The van der Waals surface area contributed by atoms with Crippen LogP contribution in [-0.2, 0) is 14.8 Å². The normalized spacial score (nSPS) is 22.1. The Morgan fingerprint density at radius 3 is 2.88 bits per heavy atom. The van der Waals surface area contributed by atoms with Gasteiger partial charge in [-0.2, -0.15) is 4.31 Å². The lowest BCUT2D eigenvalue weighted by Gasteiger charge is -2.23. The van der Waals surface area contributed by atoms with E-state index in [4.69, 9.17) is 9.84 Å². The molecule has 1 heterocycles. The van der Waals surface area contributed by atoms with Crippen LogP contribution in [0, 0.1) is 0 Å². The Morgan fingerprint density at radius 2 is 2.24 bits per heavy atom. The number of nitrogens with zero attached hydrogens (tertiary/aromatic N) is 1. The Labute approximate surface area is 104 Å². The molecule has 1 aliphatic rings. The zero-order valence-corrected chi connectivity index (χ0v) is 11.3. The Balaban J connectivity index is 2.50. The van der Waals surface area contributed by atoms with Crippen molar-refractivity contribution in [3.8, 4) is 0 Å². The summed E-state index contributed by atoms with van der Waals surface area (Å²) in [5, 5.41) is 8.80. The molecule has 6 heteroatoms. The van der Waals surface area contributed by atoms with Crippen LogP contribution in [0.5, 0.6) is 0 Å². The van der Waals surface area contributed by atoms with Crippen molar-refractivity contribution in [2.24, 2.45) is 0 Å². The Hall–Kier alpha value is -0.170. The van der Waals surface area contributed by atoms with Crippen LogP contribution in [0.2, 0.25) is 0 Å². The van der Waals surface area contributed by atoms with E-state index in [-0.39, 0.29) is 25.0 Å². The highest BCUT2D eigenvalue weighted by molar-refractivity contribution is 7.89. The maximum atomic E-state index is 12.1. The summed E-state index contributed by atoms with van der Waals surface area (Å²) < 4.78 is 30.8. The maximum Gasteiger partial charge on any atom is 0.216 e. The molecule has 0 radical (unpaired) electrons. The lowest BCUT2D eigenvalue weighted by atomic mass is 10.1. The molecule has 0 amide bonds. The maximum absolute atomic E-state index is 12.1. The van der Waals surface area contributed by atoms with Gasteiger partial charge in [-0.15, -0.1) is 0 Å². The Morgan fingerprint density at radius 1 is 1.47 bits per heavy atom. The molecule has 0 aromatic rings. The number of aliphatic hydroxyl groups is 1. The summed E-state index contributed by atoms with van der Waals surface area (Å²) in [4.78, 5) is 0. The SMILES string of the molecule is CCOCCS(=O)(=O)N1CCCC1CCCO. The molecule has 0 aromatic heterocycles. The second kappa shape index (κ2) is 7.31. The number of aliphatic hydroxyl groups excluding tert-OH is 1. The molecule has 0 aromatic carbocycles. The first-order valence-electron chi connectivity index (χ1n) is 6.30. The first-order valence-corrected chi connectivity index (χ1v) is 7.91. The van der Waals surface area contributed by atoms with E-state index >= 15 is 0 Å². The van der Waals surface area contributed by atoms with Crippen molar-refractivity contribution < 1.29 is 18.3 Å². The molecule has 1 atom stereocenters. The zero-order chi connectivity index (χ0) is 12.7. The van der Waals surface area contributed by atoms with E-state index in [1.807, 2.05) is 6.92 Å². The van der Waals surface area contributed by atoms with Crippen molar-refractivity contribution in [1.82, 2.24) is 4.31 Å². The minimum atomic E-state index is -3.19. The lowest BCUT2D eigenvalue weighted by molar-refractivity contribution is 0.162. The van der Waals surface area contributed by atoms with Gasteiger partial charge in [0.1, 0.15) is 0 Å². The van der Waals surface area contributed by atoms with Gasteiger partial charge in [0.25, 0.3) is 0 Å². The molecule has 1 rings (SSSR count). The molecule has 1 saturated heterocycles. The van der Waals surface area contributed by atoms with E-state index in [0.29, 0.717) is 19.6 Å². The molecule has 0 bridgehead atoms. The minimum Gasteiger partial charge on any atom is -0.396 e. The average molecular weight is 265 g/mol. The summed E-state index contributed by atoms with van der Waals surface area (Å²) in [5.74, 6) is 0.0659. The third-order valence-corrected chi connectivity index (χ3v) is 4.94. The second-order valence-electron chi connectivity index (χ2n) is 4.29. The van der Waals surface area contributed by atoms with Crippen molar-refractivity contribution in [2.45, 2.75) is 38.6 Å². The highest BCUT2D eigenvalue weighted by Crippen LogP contribution is 2.24. The van der Waals surface area contributed by atoms with Crippen molar-refractivity contribution in [3.05, 3.63) is 0 Å². The van der Waals surface area contributed by atoms with Gasteiger partial charge in [-0.05, 0) is 32.6 Å². The van der Waals surface area contributed by atoms with Gasteiger partial charge < -0.3 is 9.84 Å². The third kappa shape index (κ3) is 4.54. The topological polar surface area (TPSA) is 66.8 Å². The van der Waals surface area contributed by atoms with Gasteiger partial charge in [-0.25, -0.2) is 8.42 Å². The Bertz CT molecular complexity index is 305. The van der Waals surface area contributed by atoms with Gasteiger partial charge in [0.2, 0.25) is 10.0 Å². The molecular weight excluding hydrogens is 242 g/mol. The first kappa shape index (κ1) is 14.9. The standard InChI is InChI=1S/C11H23NO4S/c1-2-16-9-10-17(14,15)12-7-3-5-11(12)6-4-8-13/h11,13H,2-10H2,1H3. The van der Waals surface area contributed by atoms with Gasteiger partial charge in [-0.3, -0.25) is 0 Å². The van der Waals surface area contributed by atoms with Gasteiger partial charge in [0.05, 0.1) is 12.4 Å². The fourth-order valence-electron chi connectivity index (χ4n) is 2.22. The summed E-state index contributed by atoms with van der Waals surface area (Å²) in [6.45, 7) is 3.41. The highest BCUT2D eigenvalue weighted by atomic mass is 32.2. The molecule has 5 nitrogen and oxygen atoms in total. The summed E-state index contributed by atoms with van der Waals surface area (Å²) >= 11 is 0. The summed E-state index contributed by atoms with van der Waals surface area (Å²) in [7, 11) is -3.19. The molecule has 102 valence electrons. The smallest absolute Gasteiger partial charge is 0.216 e. The van der Waals surface area contributed by atoms with E-state index in [1.165, 1.54) is 0 Å². The molecular formula is C11H23NO4S. The Kier molecular flexibility index (Phi) is 6.40. The minimum absolute atomic E-state index is 0.0659. The first-order chi connectivity index (χ1) is 8.11. The van der Waals surface area contributed by atoms with E-state index < -0.39 is 10.0 Å². The summed E-state index contributed by atoms with van der Waals surface area (Å²) in [6.07, 6.45) is 3.25. The number of hydrogen-bond donors (Lipinski definition) is 1. The quantitative estimate of drug-likeness (QED) is 0.652. The number of ether oxygens (including phenoxy) is 1. The fourth-order valence-corrected chi connectivity index (χ4v) is 3.85. The van der Waals surface area contributed by atoms with Crippen LogP contribution in [0.3, 0.4) is 0 Å². The van der Waals surface area contributed by atoms with E-state index in [2.05, 4.69) is 0 Å². The van der Waals surface area contributed by atoms with Gasteiger partial charge >= 0.3 is 0 Å². The van der Waals surface area contributed by atoms with Crippen molar-refractivity contribution in [3.63, 3.8) is 0 Å². The van der Waals surface area contributed by atoms with Crippen LogP contribution >= 0.6 is 0 Å². The van der Waals surface area contributed by atoms with Crippen LogP contribution in [-0.4, -0.2) is 56.0 Å².